The standard InChI is InChI=1S/C20H15N2O.C5H8O2.Ir/c1-23-18-6-4-5-15(14-18)19-9-7-16-13-17(8-10-20(16)21-19)22-11-2-3-12-22;1-4(6)3-5(2)7;/h2-4,6-14H,1H3;3,6H,1-2H3;/q-1;;/b;4-3-;. The van der Waals surface area contributed by atoms with E-state index in [1.165, 1.54) is 19.9 Å². The molecule has 0 aliphatic heterocycles. The third kappa shape index (κ3) is 6.64. The minimum atomic E-state index is -0.125. The molecule has 6 heteroatoms. The molecule has 4 aromatic rings. The largest absolute Gasteiger partial charge is 0.516 e. The number of pyridine rings is 1. The zero-order chi connectivity index (χ0) is 21.5. The van der Waals surface area contributed by atoms with Crippen molar-refractivity contribution in [3.8, 4) is 22.7 Å². The van der Waals surface area contributed by atoms with Crippen LogP contribution in [-0.4, -0.2) is 27.6 Å². The van der Waals surface area contributed by atoms with E-state index in [4.69, 9.17) is 14.8 Å². The summed E-state index contributed by atoms with van der Waals surface area (Å²) >= 11 is 0. The number of nitrogens with zero attached hydrogens (tertiary/aromatic N) is 2. The first-order valence-corrected chi connectivity index (χ1v) is 9.44. The summed E-state index contributed by atoms with van der Waals surface area (Å²) in [5, 5.41) is 9.48. The molecule has 31 heavy (non-hydrogen) atoms. The number of rotatable bonds is 4. The predicted octanol–water partition coefficient (Wildman–Crippen LogP) is 5.54. The summed E-state index contributed by atoms with van der Waals surface area (Å²) in [4.78, 5) is 14.8. The number of ether oxygens (including phenoxy) is 1. The van der Waals surface area contributed by atoms with Crippen LogP contribution in [0.25, 0.3) is 27.8 Å². The van der Waals surface area contributed by atoms with Crippen LogP contribution in [0.4, 0.5) is 0 Å². The van der Waals surface area contributed by atoms with E-state index < -0.39 is 0 Å². The third-order valence-corrected chi connectivity index (χ3v) is 4.27. The molecule has 2 aromatic heterocycles. The number of methoxy groups -OCH3 is 1. The normalized spacial score (nSPS) is 10.6. The van der Waals surface area contributed by atoms with E-state index >= 15 is 0 Å². The molecular formula is C25H23IrN2O3-. The summed E-state index contributed by atoms with van der Waals surface area (Å²) in [5.41, 5.74) is 3.92. The molecule has 4 rings (SSSR count). The average molecular weight is 592 g/mol. The summed E-state index contributed by atoms with van der Waals surface area (Å²) < 4.78 is 7.36. The van der Waals surface area contributed by atoms with Gasteiger partial charge in [0.2, 0.25) is 0 Å². The molecule has 2 heterocycles. The Hall–Kier alpha value is -3.21. The molecule has 0 spiro atoms. The van der Waals surface area contributed by atoms with Crippen molar-refractivity contribution in [3.05, 3.63) is 91.0 Å². The Morgan fingerprint density at radius 1 is 1.10 bits per heavy atom. The Balaban J connectivity index is 0.000000373. The van der Waals surface area contributed by atoms with Gasteiger partial charge < -0.3 is 14.4 Å². The number of carbonyl (C=O) groups is 1. The maximum atomic E-state index is 10.0. The van der Waals surface area contributed by atoms with Gasteiger partial charge in [-0.2, -0.15) is 0 Å². The number of aliphatic hydroxyl groups excluding tert-OH is 1. The van der Waals surface area contributed by atoms with Crippen LogP contribution in [0.1, 0.15) is 13.8 Å². The van der Waals surface area contributed by atoms with Crippen molar-refractivity contribution in [1.82, 2.24) is 9.55 Å². The second kappa shape index (κ2) is 11.3. The Labute approximate surface area is 195 Å². The fourth-order valence-electron chi connectivity index (χ4n) is 2.94. The van der Waals surface area contributed by atoms with Crippen molar-refractivity contribution in [2.45, 2.75) is 13.8 Å². The predicted molar refractivity (Wildman–Crippen MR) is 119 cm³/mol. The minimum absolute atomic E-state index is 0. The van der Waals surface area contributed by atoms with Crippen molar-refractivity contribution < 1.29 is 34.7 Å². The van der Waals surface area contributed by atoms with Crippen molar-refractivity contribution in [1.29, 1.82) is 0 Å². The number of aromatic nitrogens is 2. The maximum absolute atomic E-state index is 10.0. The molecule has 0 unspecified atom stereocenters. The Morgan fingerprint density at radius 3 is 2.45 bits per heavy atom. The summed E-state index contributed by atoms with van der Waals surface area (Å²) in [6.07, 6.45) is 5.24. The molecule has 0 amide bonds. The van der Waals surface area contributed by atoms with Gasteiger partial charge in [0.05, 0.1) is 18.4 Å². The second-order valence-electron chi connectivity index (χ2n) is 6.70. The van der Waals surface area contributed by atoms with Gasteiger partial charge >= 0.3 is 0 Å². The zero-order valence-electron chi connectivity index (χ0n) is 17.5. The fourth-order valence-corrected chi connectivity index (χ4v) is 2.94. The van der Waals surface area contributed by atoms with E-state index in [1.54, 1.807) is 7.11 Å². The first kappa shape index (κ1) is 24.1. The smallest absolute Gasteiger partial charge is 0.155 e. The van der Waals surface area contributed by atoms with E-state index in [2.05, 4.69) is 28.8 Å². The van der Waals surface area contributed by atoms with Crippen LogP contribution < -0.4 is 4.74 Å². The Kier molecular flexibility index (Phi) is 8.74. The molecule has 2 aromatic carbocycles. The van der Waals surface area contributed by atoms with E-state index in [1.807, 2.05) is 54.9 Å². The Morgan fingerprint density at radius 2 is 1.84 bits per heavy atom. The molecule has 0 saturated carbocycles. The number of aliphatic hydroxyl groups is 1. The molecular weight excluding hydrogens is 569 g/mol. The fraction of sp³-hybridized carbons (Fsp3) is 0.120. The van der Waals surface area contributed by atoms with Crippen molar-refractivity contribution in [3.63, 3.8) is 0 Å². The molecule has 0 aliphatic carbocycles. The van der Waals surface area contributed by atoms with Crippen LogP contribution in [0, 0.1) is 6.07 Å². The maximum Gasteiger partial charge on any atom is 0.155 e. The van der Waals surface area contributed by atoms with E-state index in [0.29, 0.717) is 0 Å². The zero-order valence-corrected chi connectivity index (χ0v) is 19.9. The summed E-state index contributed by atoms with van der Waals surface area (Å²) in [7, 11) is 1.66. The van der Waals surface area contributed by atoms with Crippen LogP contribution in [0.15, 0.2) is 84.9 Å². The average Bonchev–Trinajstić information content (AvgIpc) is 3.27. The summed E-state index contributed by atoms with van der Waals surface area (Å²) in [6.45, 7) is 2.85. The van der Waals surface area contributed by atoms with Gasteiger partial charge in [-0.15, -0.1) is 29.8 Å². The van der Waals surface area contributed by atoms with Crippen LogP contribution >= 0.6 is 0 Å². The van der Waals surface area contributed by atoms with Gasteiger partial charge in [-0.05, 0) is 49.9 Å². The number of carbonyl (C=O) groups excluding carboxylic acids is 1. The van der Waals surface area contributed by atoms with Gasteiger partial charge in [0.1, 0.15) is 0 Å². The number of hydrogen-bond donors (Lipinski definition) is 1. The molecule has 1 radical (unpaired) electrons. The van der Waals surface area contributed by atoms with Crippen molar-refractivity contribution in [2.24, 2.45) is 0 Å². The molecule has 0 atom stereocenters. The number of allylic oxidation sites excluding steroid dienone is 2. The van der Waals surface area contributed by atoms with E-state index in [-0.39, 0.29) is 31.6 Å². The van der Waals surface area contributed by atoms with E-state index in [9.17, 15) is 4.79 Å². The molecule has 0 bridgehead atoms. The summed E-state index contributed by atoms with van der Waals surface area (Å²) in [6, 6.07) is 23.3. The minimum Gasteiger partial charge on any atom is -0.516 e. The monoisotopic (exact) mass is 592 g/mol. The molecule has 1 N–H and O–H groups in total. The van der Waals surface area contributed by atoms with Gasteiger partial charge in [0.25, 0.3) is 0 Å². The number of benzene rings is 2. The number of ketones is 1. The molecule has 0 aliphatic rings. The Bertz CT molecular complexity index is 1180. The van der Waals surface area contributed by atoms with Crippen LogP contribution in [0.3, 0.4) is 0 Å². The number of hydrogen-bond acceptors (Lipinski definition) is 4. The first-order chi connectivity index (χ1) is 14.5. The van der Waals surface area contributed by atoms with Gasteiger partial charge in [-0.3, -0.25) is 9.78 Å². The van der Waals surface area contributed by atoms with Gasteiger partial charge in [0.15, 0.2) is 5.78 Å². The van der Waals surface area contributed by atoms with Gasteiger partial charge in [-0.25, -0.2) is 0 Å². The van der Waals surface area contributed by atoms with Crippen LogP contribution in [-0.2, 0) is 24.9 Å². The first-order valence-electron chi connectivity index (χ1n) is 9.44. The topological polar surface area (TPSA) is 64.3 Å². The molecule has 5 nitrogen and oxygen atoms in total. The van der Waals surface area contributed by atoms with E-state index in [0.717, 1.165) is 33.6 Å². The van der Waals surface area contributed by atoms with Crippen LogP contribution in [0.5, 0.6) is 5.75 Å². The second-order valence-corrected chi connectivity index (χ2v) is 6.70. The van der Waals surface area contributed by atoms with Crippen molar-refractivity contribution in [2.75, 3.05) is 7.11 Å². The third-order valence-electron chi connectivity index (χ3n) is 4.27. The van der Waals surface area contributed by atoms with Crippen LogP contribution in [0.2, 0.25) is 0 Å². The SMILES string of the molecule is CC(=O)/C=C(/C)O.COc1cc[c-]c(-c2ccc3cc(-n4cccc4)ccc3n2)c1.[Ir]. The molecule has 0 fully saturated rings. The number of fused-ring (bicyclic) bond motifs is 1. The quantitative estimate of drug-likeness (QED) is 0.193. The van der Waals surface area contributed by atoms with Gasteiger partial charge in [0, 0.05) is 55.4 Å². The molecule has 0 saturated heterocycles. The molecule has 161 valence electrons. The van der Waals surface area contributed by atoms with Crippen molar-refractivity contribution >= 4 is 16.7 Å². The summed E-state index contributed by atoms with van der Waals surface area (Å²) in [5.74, 6) is 0.746. The van der Waals surface area contributed by atoms with Gasteiger partial charge in [-0.1, -0.05) is 12.1 Å².